The van der Waals surface area contributed by atoms with E-state index in [0.717, 1.165) is 24.6 Å². The SMILES string of the molecule is CN(C)C1CCCN(c2nc(C(C)(C)C(=O)O)cs2)C1. The second-order valence-corrected chi connectivity index (χ2v) is 6.99. The first-order valence-corrected chi connectivity index (χ1v) is 7.81. The van der Waals surface area contributed by atoms with E-state index in [2.05, 4.69) is 28.9 Å². The first kappa shape index (κ1) is 15.3. The Labute approximate surface area is 124 Å². The summed E-state index contributed by atoms with van der Waals surface area (Å²) in [5.41, 5.74) is -0.275. The van der Waals surface area contributed by atoms with Crippen LogP contribution in [0.25, 0.3) is 0 Å². The molecule has 2 rings (SSSR count). The van der Waals surface area contributed by atoms with E-state index in [1.807, 2.05) is 5.38 Å². The third-order valence-electron chi connectivity index (χ3n) is 4.06. The van der Waals surface area contributed by atoms with Crippen LogP contribution in [0.15, 0.2) is 5.38 Å². The van der Waals surface area contributed by atoms with Gasteiger partial charge in [0, 0.05) is 24.5 Å². The molecule has 20 heavy (non-hydrogen) atoms. The molecule has 2 heterocycles. The minimum atomic E-state index is -0.925. The molecule has 0 bridgehead atoms. The lowest BCUT2D eigenvalue weighted by molar-refractivity contribution is -0.142. The Hall–Kier alpha value is -1.14. The minimum Gasteiger partial charge on any atom is -0.481 e. The van der Waals surface area contributed by atoms with Gasteiger partial charge in [0.15, 0.2) is 5.13 Å². The van der Waals surface area contributed by atoms with Gasteiger partial charge in [-0.2, -0.15) is 0 Å². The predicted molar refractivity (Wildman–Crippen MR) is 81.7 cm³/mol. The van der Waals surface area contributed by atoms with Crippen molar-refractivity contribution in [1.82, 2.24) is 9.88 Å². The number of hydrogen-bond donors (Lipinski definition) is 1. The smallest absolute Gasteiger partial charge is 0.315 e. The van der Waals surface area contributed by atoms with Gasteiger partial charge in [0.2, 0.25) is 0 Å². The van der Waals surface area contributed by atoms with Crippen molar-refractivity contribution in [2.24, 2.45) is 0 Å². The van der Waals surface area contributed by atoms with Crippen molar-refractivity contribution in [1.29, 1.82) is 0 Å². The molecule has 1 unspecified atom stereocenters. The van der Waals surface area contributed by atoms with Gasteiger partial charge in [-0.3, -0.25) is 4.79 Å². The number of anilines is 1. The molecule has 0 aromatic carbocycles. The summed E-state index contributed by atoms with van der Waals surface area (Å²) in [5, 5.41) is 12.1. The van der Waals surface area contributed by atoms with E-state index in [1.165, 1.54) is 6.42 Å². The van der Waals surface area contributed by atoms with Gasteiger partial charge < -0.3 is 14.9 Å². The van der Waals surface area contributed by atoms with Crippen LogP contribution in [0.3, 0.4) is 0 Å². The summed E-state index contributed by atoms with van der Waals surface area (Å²) in [6.07, 6.45) is 2.36. The van der Waals surface area contributed by atoms with Crippen molar-refractivity contribution < 1.29 is 9.90 Å². The summed E-state index contributed by atoms with van der Waals surface area (Å²) in [6.45, 7) is 5.37. The van der Waals surface area contributed by atoms with E-state index in [9.17, 15) is 9.90 Å². The van der Waals surface area contributed by atoms with Gasteiger partial charge in [0.05, 0.1) is 5.69 Å². The number of carboxylic acid groups (broad SMARTS) is 1. The highest BCUT2D eigenvalue weighted by molar-refractivity contribution is 7.13. The molecule has 1 aromatic rings. The number of aromatic nitrogens is 1. The van der Waals surface area contributed by atoms with Crippen LogP contribution in [-0.2, 0) is 10.2 Å². The maximum atomic E-state index is 11.3. The predicted octanol–water partition coefficient (Wildman–Crippen LogP) is 2.04. The zero-order valence-corrected chi connectivity index (χ0v) is 13.4. The zero-order valence-electron chi connectivity index (χ0n) is 12.6. The van der Waals surface area contributed by atoms with Gasteiger partial charge in [-0.25, -0.2) is 4.98 Å². The lowest BCUT2D eigenvalue weighted by Crippen LogP contribution is -2.45. The topological polar surface area (TPSA) is 56.7 Å². The summed E-state index contributed by atoms with van der Waals surface area (Å²) < 4.78 is 0. The monoisotopic (exact) mass is 297 g/mol. The number of hydrogen-bond acceptors (Lipinski definition) is 5. The van der Waals surface area contributed by atoms with Crippen LogP contribution in [0.4, 0.5) is 5.13 Å². The molecule has 1 N–H and O–H groups in total. The lowest BCUT2D eigenvalue weighted by Gasteiger charge is -2.36. The second kappa shape index (κ2) is 5.69. The van der Waals surface area contributed by atoms with Crippen LogP contribution in [0.2, 0.25) is 0 Å². The van der Waals surface area contributed by atoms with Crippen molar-refractivity contribution in [3.8, 4) is 0 Å². The highest BCUT2D eigenvalue weighted by atomic mass is 32.1. The fourth-order valence-electron chi connectivity index (χ4n) is 2.36. The molecule has 5 nitrogen and oxygen atoms in total. The van der Waals surface area contributed by atoms with Crippen LogP contribution in [-0.4, -0.2) is 54.2 Å². The van der Waals surface area contributed by atoms with Crippen molar-refractivity contribution in [3.05, 3.63) is 11.1 Å². The van der Waals surface area contributed by atoms with E-state index < -0.39 is 11.4 Å². The van der Waals surface area contributed by atoms with E-state index >= 15 is 0 Å². The van der Waals surface area contributed by atoms with E-state index in [-0.39, 0.29) is 0 Å². The fourth-order valence-corrected chi connectivity index (χ4v) is 3.39. The quantitative estimate of drug-likeness (QED) is 0.921. The second-order valence-electron chi connectivity index (χ2n) is 6.15. The molecule has 0 amide bonds. The summed E-state index contributed by atoms with van der Waals surface area (Å²) in [7, 11) is 4.21. The number of piperidine rings is 1. The molecular formula is C14H23N3O2S. The van der Waals surface area contributed by atoms with E-state index in [1.54, 1.807) is 25.2 Å². The Morgan fingerprint density at radius 1 is 1.55 bits per heavy atom. The molecule has 1 aliphatic rings. The van der Waals surface area contributed by atoms with Gasteiger partial charge in [0.25, 0.3) is 0 Å². The molecule has 112 valence electrons. The molecule has 1 saturated heterocycles. The molecular weight excluding hydrogens is 274 g/mol. The summed E-state index contributed by atoms with van der Waals surface area (Å²) >= 11 is 1.55. The van der Waals surface area contributed by atoms with Crippen molar-refractivity contribution in [3.63, 3.8) is 0 Å². The van der Waals surface area contributed by atoms with Crippen LogP contribution in [0.1, 0.15) is 32.4 Å². The van der Waals surface area contributed by atoms with E-state index in [4.69, 9.17) is 0 Å². The maximum absolute atomic E-state index is 11.3. The standard InChI is InChI=1S/C14H23N3O2S/c1-14(2,12(18)19)11-9-20-13(15-11)17-7-5-6-10(8-17)16(3)4/h9-10H,5-8H2,1-4H3,(H,18,19). The van der Waals surface area contributed by atoms with Crippen molar-refractivity contribution in [2.45, 2.75) is 38.1 Å². The van der Waals surface area contributed by atoms with Crippen LogP contribution < -0.4 is 4.90 Å². The summed E-state index contributed by atoms with van der Waals surface area (Å²) in [6, 6.07) is 0.545. The Morgan fingerprint density at radius 3 is 2.85 bits per heavy atom. The first-order valence-electron chi connectivity index (χ1n) is 6.93. The van der Waals surface area contributed by atoms with Crippen molar-refractivity contribution in [2.75, 3.05) is 32.1 Å². The Kier molecular flexibility index (Phi) is 4.34. The van der Waals surface area contributed by atoms with Crippen LogP contribution in [0, 0.1) is 0 Å². The highest BCUT2D eigenvalue weighted by Crippen LogP contribution is 2.31. The summed E-state index contributed by atoms with van der Waals surface area (Å²) in [4.78, 5) is 20.4. The normalized spacial score (nSPS) is 20.4. The number of rotatable bonds is 4. The van der Waals surface area contributed by atoms with Crippen LogP contribution in [0.5, 0.6) is 0 Å². The number of likely N-dealkylation sites (N-methyl/N-ethyl adjacent to an activating group) is 1. The van der Waals surface area contributed by atoms with Gasteiger partial charge in [-0.1, -0.05) is 0 Å². The van der Waals surface area contributed by atoms with E-state index in [0.29, 0.717) is 11.7 Å². The summed E-state index contributed by atoms with van der Waals surface area (Å²) in [5.74, 6) is -0.834. The molecule has 0 aliphatic carbocycles. The number of carbonyl (C=O) groups is 1. The Bertz CT molecular complexity index is 485. The highest BCUT2D eigenvalue weighted by Gasteiger charge is 2.33. The fraction of sp³-hybridized carbons (Fsp3) is 0.714. The molecule has 1 aliphatic heterocycles. The molecule has 1 fully saturated rings. The Morgan fingerprint density at radius 2 is 2.25 bits per heavy atom. The third kappa shape index (κ3) is 2.96. The molecule has 1 atom stereocenters. The number of carboxylic acids is 1. The average Bonchev–Trinajstić information content (AvgIpc) is 2.88. The first-order chi connectivity index (χ1) is 9.32. The maximum Gasteiger partial charge on any atom is 0.315 e. The molecule has 0 saturated carbocycles. The lowest BCUT2D eigenvalue weighted by atomic mass is 9.90. The van der Waals surface area contributed by atoms with Gasteiger partial charge >= 0.3 is 5.97 Å². The minimum absolute atomic E-state index is 0.545. The van der Waals surface area contributed by atoms with Gasteiger partial charge in [-0.15, -0.1) is 11.3 Å². The van der Waals surface area contributed by atoms with Gasteiger partial charge in [-0.05, 0) is 40.8 Å². The number of aliphatic carboxylic acids is 1. The number of thiazole rings is 1. The molecule has 0 spiro atoms. The average molecular weight is 297 g/mol. The number of nitrogens with zero attached hydrogens (tertiary/aromatic N) is 3. The van der Waals surface area contributed by atoms with Gasteiger partial charge in [0.1, 0.15) is 5.41 Å². The Balaban J connectivity index is 2.15. The molecule has 6 heteroatoms. The zero-order chi connectivity index (χ0) is 14.9. The molecule has 1 aromatic heterocycles. The largest absolute Gasteiger partial charge is 0.481 e. The third-order valence-corrected chi connectivity index (χ3v) is 4.97. The van der Waals surface area contributed by atoms with Crippen LogP contribution >= 0.6 is 11.3 Å². The molecule has 0 radical (unpaired) electrons. The van der Waals surface area contributed by atoms with Crippen molar-refractivity contribution >= 4 is 22.4 Å².